The Hall–Kier alpha value is -1.24. The number of halogens is 2. The van der Waals surface area contributed by atoms with Gasteiger partial charge in [0.15, 0.2) is 4.33 Å². The van der Waals surface area contributed by atoms with Crippen LogP contribution in [0.4, 0.5) is 0 Å². The third-order valence-electron chi connectivity index (χ3n) is 3.63. The molecule has 1 aliphatic carbocycles. The Kier molecular flexibility index (Phi) is 3.16. The van der Waals surface area contributed by atoms with Gasteiger partial charge in [0.1, 0.15) is 0 Å². The molecule has 0 atom stereocenters. The minimum absolute atomic E-state index is 0.857. The molecule has 0 spiro atoms. The van der Waals surface area contributed by atoms with Crippen molar-refractivity contribution < 1.29 is 0 Å². The number of fused-ring (bicyclic) bond motifs is 1. The average molecular weight is 289 g/mol. The number of alkyl halides is 2. The van der Waals surface area contributed by atoms with Crippen molar-refractivity contribution in [3.63, 3.8) is 0 Å². The van der Waals surface area contributed by atoms with E-state index < -0.39 is 4.33 Å². The topological polar surface area (TPSA) is 0 Å². The van der Waals surface area contributed by atoms with E-state index in [9.17, 15) is 0 Å². The van der Waals surface area contributed by atoms with Crippen LogP contribution in [0.15, 0.2) is 54.1 Å². The van der Waals surface area contributed by atoms with E-state index in [0.29, 0.717) is 0 Å². The molecule has 3 rings (SSSR count). The highest BCUT2D eigenvalue weighted by molar-refractivity contribution is 6.51. The van der Waals surface area contributed by atoms with Crippen LogP contribution >= 0.6 is 23.2 Å². The SMILES string of the molecule is CCC1=Cc2c(-c3ccccc3)cccc2C1(Cl)Cl. The summed E-state index contributed by atoms with van der Waals surface area (Å²) in [6.07, 6.45) is 2.99. The Morgan fingerprint density at radius 3 is 2.37 bits per heavy atom. The molecule has 0 nitrogen and oxygen atoms in total. The quantitative estimate of drug-likeness (QED) is 0.614. The Morgan fingerprint density at radius 2 is 1.68 bits per heavy atom. The molecule has 0 aliphatic heterocycles. The Morgan fingerprint density at radius 1 is 0.947 bits per heavy atom. The first-order valence-electron chi connectivity index (χ1n) is 6.42. The summed E-state index contributed by atoms with van der Waals surface area (Å²) in [5.74, 6) is 0. The van der Waals surface area contributed by atoms with E-state index in [0.717, 1.165) is 23.1 Å². The van der Waals surface area contributed by atoms with Gasteiger partial charge in [-0.1, -0.05) is 84.7 Å². The second-order valence-corrected chi connectivity index (χ2v) is 6.06. The average Bonchev–Trinajstić information content (AvgIpc) is 2.71. The van der Waals surface area contributed by atoms with E-state index in [1.807, 2.05) is 30.3 Å². The van der Waals surface area contributed by atoms with Crippen molar-refractivity contribution in [1.29, 1.82) is 0 Å². The molecule has 0 saturated carbocycles. The maximum Gasteiger partial charge on any atom is 0.165 e. The number of benzene rings is 2. The van der Waals surface area contributed by atoms with Crippen molar-refractivity contribution in [3.8, 4) is 11.1 Å². The lowest BCUT2D eigenvalue weighted by molar-refractivity contribution is 0.945. The highest BCUT2D eigenvalue weighted by Gasteiger charge is 2.37. The van der Waals surface area contributed by atoms with Crippen molar-refractivity contribution in [2.45, 2.75) is 17.7 Å². The Labute approximate surface area is 123 Å². The smallest absolute Gasteiger partial charge is 0.0913 e. The van der Waals surface area contributed by atoms with Gasteiger partial charge in [-0.25, -0.2) is 0 Å². The fraction of sp³-hybridized carbons (Fsp3) is 0.176. The zero-order valence-corrected chi connectivity index (χ0v) is 12.2. The van der Waals surface area contributed by atoms with E-state index in [1.165, 1.54) is 11.1 Å². The molecule has 96 valence electrons. The molecule has 19 heavy (non-hydrogen) atoms. The summed E-state index contributed by atoms with van der Waals surface area (Å²) >= 11 is 13.0. The van der Waals surface area contributed by atoms with Crippen molar-refractivity contribution in [2.24, 2.45) is 0 Å². The van der Waals surface area contributed by atoms with Gasteiger partial charge in [-0.3, -0.25) is 0 Å². The number of hydrogen-bond donors (Lipinski definition) is 0. The molecule has 2 aromatic carbocycles. The first-order chi connectivity index (χ1) is 9.14. The van der Waals surface area contributed by atoms with Crippen LogP contribution in [0.3, 0.4) is 0 Å². The molecule has 0 saturated heterocycles. The van der Waals surface area contributed by atoms with Crippen LogP contribution in [0.1, 0.15) is 24.5 Å². The predicted molar refractivity (Wildman–Crippen MR) is 83.5 cm³/mol. The van der Waals surface area contributed by atoms with Gasteiger partial charge in [-0.15, -0.1) is 0 Å². The zero-order chi connectivity index (χ0) is 13.5. The molecule has 0 fully saturated rings. The van der Waals surface area contributed by atoms with Gasteiger partial charge in [-0.05, 0) is 34.2 Å². The fourth-order valence-electron chi connectivity index (χ4n) is 2.63. The predicted octanol–water partition coefficient (Wildman–Crippen LogP) is 5.79. The minimum atomic E-state index is -0.880. The van der Waals surface area contributed by atoms with Crippen LogP contribution in [-0.4, -0.2) is 0 Å². The first kappa shape index (κ1) is 12.8. The summed E-state index contributed by atoms with van der Waals surface area (Å²) in [7, 11) is 0. The monoisotopic (exact) mass is 288 g/mol. The Balaban J connectivity index is 2.23. The summed E-state index contributed by atoms with van der Waals surface area (Å²) < 4.78 is -0.880. The van der Waals surface area contributed by atoms with Crippen LogP contribution in [0.2, 0.25) is 0 Å². The lowest BCUT2D eigenvalue weighted by atomic mass is 9.97. The number of allylic oxidation sites excluding steroid dienone is 1. The van der Waals surface area contributed by atoms with Crippen molar-refractivity contribution in [1.82, 2.24) is 0 Å². The van der Waals surface area contributed by atoms with Crippen molar-refractivity contribution in [2.75, 3.05) is 0 Å². The first-order valence-corrected chi connectivity index (χ1v) is 7.18. The van der Waals surface area contributed by atoms with Gasteiger partial charge >= 0.3 is 0 Å². The maximum absolute atomic E-state index is 6.52. The van der Waals surface area contributed by atoms with E-state index in [4.69, 9.17) is 23.2 Å². The molecule has 2 aromatic rings. The van der Waals surface area contributed by atoms with Gasteiger partial charge in [-0.2, -0.15) is 0 Å². The van der Waals surface area contributed by atoms with Gasteiger partial charge in [0.2, 0.25) is 0 Å². The molecular weight excluding hydrogens is 275 g/mol. The van der Waals surface area contributed by atoms with Gasteiger partial charge in [0.25, 0.3) is 0 Å². The summed E-state index contributed by atoms with van der Waals surface area (Å²) in [5.41, 5.74) is 5.59. The molecular formula is C17H14Cl2. The summed E-state index contributed by atoms with van der Waals surface area (Å²) in [6.45, 7) is 2.08. The molecule has 0 heterocycles. The second kappa shape index (κ2) is 4.70. The van der Waals surface area contributed by atoms with Crippen LogP contribution < -0.4 is 0 Å². The molecule has 2 heteroatoms. The minimum Gasteiger partial charge on any atom is -0.0913 e. The largest absolute Gasteiger partial charge is 0.165 e. The van der Waals surface area contributed by atoms with Gasteiger partial charge in [0.05, 0.1) is 0 Å². The normalized spacial score (nSPS) is 16.1. The molecule has 0 unspecified atom stereocenters. The van der Waals surface area contributed by atoms with E-state index in [-0.39, 0.29) is 0 Å². The van der Waals surface area contributed by atoms with Crippen molar-refractivity contribution >= 4 is 29.3 Å². The van der Waals surface area contributed by atoms with Crippen LogP contribution in [0.5, 0.6) is 0 Å². The fourth-order valence-corrected chi connectivity index (χ4v) is 3.33. The highest BCUT2D eigenvalue weighted by Crippen LogP contribution is 2.51. The zero-order valence-electron chi connectivity index (χ0n) is 10.7. The van der Waals surface area contributed by atoms with Crippen LogP contribution in [-0.2, 0) is 4.33 Å². The lowest BCUT2D eigenvalue weighted by Crippen LogP contribution is -2.09. The number of hydrogen-bond acceptors (Lipinski definition) is 0. The summed E-state index contributed by atoms with van der Waals surface area (Å²) in [4.78, 5) is 0. The second-order valence-electron chi connectivity index (χ2n) is 4.73. The van der Waals surface area contributed by atoms with Crippen molar-refractivity contribution in [3.05, 3.63) is 65.2 Å². The third-order valence-corrected chi connectivity index (χ3v) is 4.52. The van der Waals surface area contributed by atoms with E-state index in [1.54, 1.807) is 0 Å². The number of rotatable bonds is 2. The summed E-state index contributed by atoms with van der Waals surface area (Å²) in [5, 5.41) is 0. The van der Waals surface area contributed by atoms with Crippen LogP contribution in [0, 0.1) is 0 Å². The van der Waals surface area contributed by atoms with Gasteiger partial charge < -0.3 is 0 Å². The molecule has 0 N–H and O–H groups in total. The maximum atomic E-state index is 6.52. The molecule has 0 amide bonds. The molecule has 0 aromatic heterocycles. The molecule has 1 aliphatic rings. The lowest BCUT2D eigenvalue weighted by Gasteiger charge is -2.19. The van der Waals surface area contributed by atoms with Crippen LogP contribution in [0.25, 0.3) is 17.2 Å². The highest BCUT2D eigenvalue weighted by atomic mass is 35.5. The van der Waals surface area contributed by atoms with Gasteiger partial charge in [0, 0.05) is 0 Å². The summed E-state index contributed by atoms with van der Waals surface area (Å²) in [6, 6.07) is 16.5. The van der Waals surface area contributed by atoms with E-state index in [2.05, 4.69) is 31.2 Å². The molecule has 0 bridgehead atoms. The van der Waals surface area contributed by atoms with E-state index >= 15 is 0 Å². The standard InChI is InChI=1S/C17H14Cl2/c1-2-13-11-15-14(12-7-4-3-5-8-12)9-6-10-16(15)17(13,18)19/h3-11H,2H2,1H3. The Bertz CT molecular complexity index is 640. The molecule has 0 radical (unpaired) electrons. The third kappa shape index (κ3) is 2.00.